The molecule has 1 saturated carbocycles. The highest BCUT2D eigenvalue weighted by Crippen LogP contribution is 2.45. The first-order chi connectivity index (χ1) is 18.6. The molecule has 0 radical (unpaired) electrons. The summed E-state index contributed by atoms with van der Waals surface area (Å²) in [5.74, 6) is 1.84. The Bertz CT molecular complexity index is 1570. The van der Waals surface area contributed by atoms with Crippen molar-refractivity contribution in [2.45, 2.75) is 44.8 Å². The summed E-state index contributed by atoms with van der Waals surface area (Å²) in [5.41, 5.74) is 5.26. The number of ether oxygens (including phenoxy) is 2. The van der Waals surface area contributed by atoms with E-state index in [1.807, 2.05) is 50.0 Å². The molecule has 7 rings (SSSR count). The predicted molar refractivity (Wildman–Crippen MR) is 148 cm³/mol. The van der Waals surface area contributed by atoms with Crippen LogP contribution >= 0.6 is 0 Å². The van der Waals surface area contributed by atoms with E-state index >= 15 is 0 Å². The van der Waals surface area contributed by atoms with Crippen LogP contribution in [0, 0.1) is 5.41 Å². The van der Waals surface area contributed by atoms with Crippen molar-refractivity contribution in [3.8, 4) is 17.0 Å². The fraction of sp³-hybridized carbons (Fsp3) is 0.367. The van der Waals surface area contributed by atoms with Gasteiger partial charge in [-0.25, -0.2) is 9.97 Å². The highest BCUT2D eigenvalue weighted by Gasteiger charge is 2.45. The maximum Gasteiger partial charge on any atom is 0.137 e. The number of H-pyrrole nitrogens is 2. The molecule has 1 atom stereocenters. The smallest absolute Gasteiger partial charge is 0.137 e. The number of rotatable bonds is 6. The molecule has 0 bridgehead atoms. The Labute approximate surface area is 221 Å². The lowest BCUT2D eigenvalue weighted by atomic mass is 9.68. The molecule has 1 aromatic carbocycles. The van der Waals surface area contributed by atoms with Crippen LogP contribution in [0.15, 0.2) is 61.1 Å². The molecule has 2 fully saturated rings. The fourth-order valence-corrected chi connectivity index (χ4v) is 6.29. The number of anilines is 1. The Hall–Kier alpha value is -3.91. The average molecular weight is 509 g/mol. The Kier molecular flexibility index (Phi) is 5.58. The zero-order chi connectivity index (χ0) is 25.7. The standard InChI is InChI=1S/C30H32N6O2/c1-19(23-9-13-31-29-24(23)10-14-32-29)38-22-4-5-26-25(15-22)28(35-34-26)20-3-6-27(33-16-20)36-17-30(18-36)11-7-21(37-2)8-12-30/h3-6,9-10,13-16,19,21H,7-8,11-12,17-18H2,1-2H3,(H,31,32)(H,34,35)/t19-/m1/s1. The number of aromatic amines is 2. The first kappa shape index (κ1) is 23.2. The van der Waals surface area contributed by atoms with E-state index in [1.165, 1.54) is 25.7 Å². The molecule has 5 heterocycles. The first-order valence-corrected chi connectivity index (χ1v) is 13.4. The second-order valence-electron chi connectivity index (χ2n) is 10.9. The lowest BCUT2D eigenvalue weighted by Crippen LogP contribution is -2.58. The fourth-order valence-electron chi connectivity index (χ4n) is 6.29. The summed E-state index contributed by atoms with van der Waals surface area (Å²) in [5, 5.41) is 9.86. The Balaban J connectivity index is 1.08. The van der Waals surface area contributed by atoms with Crippen LogP contribution in [-0.4, -0.2) is 51.5 Å². The number of methoxy groups -OCH3 is 1. The van der Waals surface area contributed by atoms with E-state index in [0.717, 1.165) is 63.4 Å². The largest absolute Gasteiger partial charge is 0.486 e. The maximum atomic E-state index is 6.37. The third-order valence-corrected chi connectivity index (χ3v) is 8.50. The summed E-state index contributed by atoms with van der Waals surface area (Å²) < 4.78 is 11.9. The van der Waals surface area contributed by atoms with Gasteiger partial charge in [0, 0.05) is 66.1 Å². The van der Waals surface area contributed by atoms with Crippen molar-refractivity contribution in [3.63, 3.8) is 0 Å². The SMILES string of the molecule is COC1CCC2(CC1)CN(c1ccc(-c3n[nH]c4ccc(O[C@H](C)c5ccnc6[nH]ccc56)cc34)cn1)C2. The average Bonchev–Trinajstić information content (AvgIpc) is 3.59. The molecular formula is C30H32N6O2. The van der Waals surface area contributed by atoms with Gasteiger partial charge in [-0.05, 0) is 75.1 Å². The number of hydrogen-bond donors (Lipinski definition) is 2. The Morgan fingerprint density at radius 3 is 2.68 bits per heavy atom. The highest BCUT2D eigenvalue weighted by atomic mass is 16.5. The quantitative estimate of drug-likeness (QED) is 0.291. The summed E-state index contributed by atoms with van der Waals surface area (Å²) >= 11 is 0. The van der Waals surface area contributed by atoms with E-state index in [9.17, 15) is 0 Å². The molecular weight excluding hydrogens is 476 g/mol. The van der Waals surface area contributed by atoms with Gasteiger partial charge in [0.05, 0.1) is 11.6 Å². The molecule has 2 aliphatic rings. The second-order valence-corrected chi connectivity index (χ2v) is 10.9. The zero-order valence-electron chi connectivity index (χ0n) is 21.8. The van der Waals surface area contributed by atoms with Gasteiger partial charge in [-0.15, -0.1) is 0 Å². The van der Waals surface area contributed by atoms with E-state index in [2.05, 4.69) is 50.2 Å². The van der Waals surface area contributed by atoms with E-state index in [-0.39, 0.29) is 6.10 Å². The summed E-state index contributed by atoms with van der Waals surface area (Å²) in [6.07, 6.45) is 10.8. The number of nitrogens with one attached hydrogen (secondary N) is 2. The molecule has 1 aliphatic carbocycles. The van der Waals surface area contributed by atoms with Gasteiger partial charge in [-0.3, -0.25) is 5.10 Å². The van der Waals surface area contributed by atoms with Crippen LogP contribution in [0.1, 0.15) is 44.3 Å². The maximum absolute atomic E-state index is 6.37. The molecule has 0 unspecified atom stereocenters. The first-order valence-electron chi connectivity index (χ1n) is 13.4. The zero-order valence-corrected chi connectivity index (χ0v) is 21.8. The minimum Gasteiger partial charge on any atom is -0.486 e. The lowest BCUT2D eigenvalue weighted by Gasteiger charge is -2.53. The van der Waals surface area contributed by atoms with Crippen LogP contribution < -0.4 is 9.64 Å². The molecule has 8 nitrogen and oxygen atoms in total. The summed E-state index contributed by atoms with van der Waals surface area (Å²) in [6.45, 7) is 4.24. The number of hydrogen-bond acceptors (Lipinski definition) is 6. The molecule has 8 heteroatoms. The molecule has 38 heavy (non-hydrogen) atoms. The molecule has 2 N–H and O–H groups in total. The van der Waals surface area contributed by atoms with Crippen molar-refractivity contribution < 1.29 is 9.47 Å². The third-order valence-electron chi connectivity index (χ3n) is 8.50. The highest BCUT2D eigenvalue weighted by molar-refractivity contribution is 5.93. The van der Waals surface area contributed by atoms with Crippen molar-refractivity contribution in [1.29, 1.82) is 0 Å². The minimum absolute atomic E-state index is 0.130. The van der Waals surface area contributed by atoms with Crippen molar-refractivity contribution >= 4 is 27.8 Å². The molecule has 5 aromatic rings. The Morgan fingerprint density at radius 1 is 1.03 bits per heavy atom. The normalized spacial score (nSPS) is 18.2. The van der Waals surface area contributed by atoms with Crippen molar-refractivity contribution in [2.24, 2.45) is 5.41 Å². The topological polar surface area (TPSA) is 92.0 Å². The van der Waals surface area contributed by atoms with Crippen molar-refractivity contribution in [3.05, 3.63) is 66.6 Å². The molecule has 1 aliphatic heterocycles. The monoisotopic (exact) mass is 508 g/mol. The molecule has 194 valence electrons. The predicted octanol–water partition coefficient (Wildman–Crippen LogP) is 6.04. The van der Waals surface area contributed by atoms with E-state index in [1.54, 1.807) is 0 Å². The molecule has 4 aromatic heterocycles. The lowest BCUT2D eigenvalue weighted by molar-refractivity contribution is 0.0150. The van der Waals surface area contributed by atoms with Crippen LogP contribution in [0.25, 0.3) is 33.2 Å². The van der Waals surface area contributed by atoms with E-state index in [4.69, 9.17) is 14.5 Å². The number of benzene rings is 1. The van der Waals surface area contributed by atoms with Gasteiger partial charge < -0.3 is 19.4 Å². The van der Waals surface area contributed by atoms with Crippen LogP contribution in [0.2, 0.25) is 0 Å². The number of aromatic nitrogens is 5. The van der Waals surface area contributed by atoms with Gasteiger partial charge in [0.1, 0.15) is 29.0 Å². The summed E-state index contributed by atoms with van der Waals surface area (Å²) in [4.78, 5) is 14.8. The molecule has 0 amide bonds. The second kappa shape index (κ2) is 9.13. The molecule has 1 saturated heterocycles. The van der Waals surface area contributed by atoms with Gasteiger partial charge in [0.15, 0.2) is 0 Å². The van der Waals surface area contributed by atoms with Crippen LogP contribution in [0.3, 0.4) is 0 Å². The molecule has 1 spiro atoms. The van der Waals surface area contributed by atoms with Gasteiger partial charge in [-0.2, -0.15) is 5.10 Å². The van der Waals surface area contributed by atoms with Crippen LogP contribution in [0.5, 0.6) is 5.75 Å². The number of nitrogens with zero attached hydrogens (tertiary/aromatic N) is 4. The third kappa shape index (κ3) is 4.00. The minimum atomic E-state index is -0.130. The Morgan fingerprint density at radius 2 is 1.89 bits per heavy atom. The van der Waals surface area contributed by atoms with Gasteiger partial charge in [0.2, 0.25) is 0 Å². The number of fused-ring (bicyclic) bond motifs is 2. The van der Waals surface area contributed by atoms with Gasteiger partial charge >= 0.3 is 0 Å². The van der Waals surface area contributed by atoms with Crippen molar-refractivity contribution in [1.82, 2.24) is 25.1 Å². The van der Waals surface area contributed by atoms with E-state index < -0.39 is 0 Å². The van der Waals surface area contributed by atoms with Crippen molar-refractivity contribution in [2.75, 3.05) is 25.1 Å². The van der Waals surface area contributed by atoms with Crippen LogP contribution in [-0.2, 0) is 4.74 Å². The summed E-state index contributed by atoms with van der Waals surface area (Å²) in [7, 11) is 1.83. The number of pyridine rings is 2. The van der Waals surface area contributed by atoms with E-state index in [0.29, 0.717) is 11.5 Å². The summed E-state index contributed by atoms with van der Waals surface area (Å²) in [6, 6.07) is 14.4. The van der Waals surface area contributed by atoms with Gasteiger partial charge in [-0.1, -0.05) is 0 Å². The van der Waals surface area contributed by atoms with Crippen LogP contribution in [0.4, 0.5) is 5.82 Å². The van der Waals surface area contributed by atoms with Gasteiger partial charge in [0.25, 0.3) is 0 Å².